The first kappa shape index (κ1) is 14.2. The van der Waals surface area contributed by atoms with Crippen molar-refractivity contribution in [3.63, 3.8) is 0 Å². The fourth-order valence-electron chi connectivity index (χ4n) is 1.71. The Balaban J connectivity index is 2.31. The maximum atomic E-state index is 12.0. The van der Waals surface area contributed by atoms with Crippen LogP contribution >= 0.6 is 0 Å². The van der Waals surface area contributed by atoms with E-state index < -0.39 is 30.3 Å². The highest BCUT2D eigenvalue weighted by Gasteiger charge is 2.41. The Morgan fingerprint density at radius 2 is 2.12 bits per heavy atom. The molecule has 0 bridgehead atoms. The number of carbonyl (C=O) groups is 1. The first-order valence-electron chi connectivity index (χ1n) is 5.36. The smallest absolute Gasteiger partial charge is 0.382 e. The van der Waals surface area contributed by atoms with Crippen LogP contribution in [-0.2, 0) is 9.53 Å². The van der Waals surface area contributed by atoms with Gasteiger partial charge in [0.1, 0.15) is 0 Å². The highest BCUT2D eigenvalue weighted by Crippen LogP contribution is 2.37. The number of alkyl halides is 3. The molecule has 2 N–H and O–H groups in total. The molecule has 100 valence electrons. The Bertz CT molecular complexity index is 271. The van der Waals surface area contributed by atoms with E-state index >= 15 is 0 Å². The van der Waals surface area contributed by atoms with Gasteiger partial charge in [-0.15, -0.1) is 0 Å². The Labute approximate surface area is 97.1 Å². The molecule has 0 spiro atoms. The largest absolute Gasteiger partial charge is 0.416 e. The zero-order chi connectivity index (χ0) is 13.1. The van der Waals surface area contributed by atoms with Gasteiger partial charge in [0, 0.05) is 7.11 Å². The van der Waals surface area contributed by atoms with Crippen molar-refractivity contribution < 1.29 is 27.8 Å². The summed E-state index contributed by atoms with van der Waals surface area (Å²) in [5.41, 5.74) is -0.521. The summed E-state index contributed by atoms with van der Waals surface area (Å²) in [5, 5.41) is 10.7. The van der Waals surface area contributed by atoms with E-state index in [9.17, 15) is 18.0 Å². The summed E-state index contributed by atoms with van der Waals surface area (Å²) in [6.45, 7) is -0.817. The molecule has 1 atom stereocenters. The molecule has 0 saturated heterocycles. The number of nitrogens with one attached hydrogen (secondary N) is 1. The van der Waals surface area contributed by atoms with Crippen LogP contribution in [0.2, 0.25) is 0 Å². The van der Waals surface area contributed by atoms with E-state index in [1.807, 2.05) is 0 Å². The Hall–Kier alpha value is -0.820. The molecule has 0 aromatic heterocycles. The first-order chi connectivity index (χ1) is 7.79. The molecular weight excluding hydrogens is 239 g/mol. The normalized spacial score (nSPS) is 20.5. The van der Waals surface area contributed by atoms with Crippen molar-refractivity contribution in [1.82, 2.24) is 5.32 Å². The highest BCUT2D eigenvalue weighted by molar-refractivity contribution is 5.77. The van der Waals surface area contributed by atoms with Gasteiger partial charge >= 0.3 is 6.18 Å². The standard InChI is InChI=1S/C10H16F3NO3/c1-17-9(3-2-4-9)5-8(16)14-6-7(15)10(11,12)13/h7,15H,2-6H2,1H3,(H,14,16). The minimum atomic E-state index is -4.71. The molecule has 1 saturated carbocycles. The lowest BCUT2D eigenvalue weighted by Crippen LogP contribution is -2.46. The number of ether oxygens (including phenoxy) is 1. The van der Waals surface area contributed by atoms with Crippen molar-refractivity contribution in [1.29, 1.82) is 0 Å². The molecule has 0 aliphatic heterocycles. The molecule has 0 aromatic carbocycles. The number of hydrogen-bond acceptors (Lipinski definition) is 3. The zero-order valence-corrected chi connectivity index (χ0v) is 9.51. The van der Waals surface area contributed by atoms with E-state index in [-0.39, 0.29) is 6.42 Å². The number of hydrogen-bond donors (Lipinski definition) is 2. The second-order valence-corrected chi connectivity index (χ2v) is 4.28. The van der Waals surface area contributed by atoms with Crippen LogP contribution in [0.1, 0.15) is 25.7 Å². The minimum absolute atomic E-state index is 0.0358. The third kappa shape index (κ3) is 3.85. The number of carbonyl (C=O) groups excluding carboxylic acids is 1. The summed E-state index contributed by atoms with van der Waals surface area (Å²) in [6.07, 6.45) is -4.77. The lowest BCUT2D eigenvalue weighted by Gasteiger charge is -2.39. The third-order valence-electron chi connectivity index (χ3n) is 3.05. The predicted octanol–water partition coefficient (Wildman–Crippen LogP) is 0.985. The molecule has 0 radical (unpaired) electrons. The average molecular weight is 255 g/mol. The molecule has 0 aromatic rings. The van der Waals surface area contributed by atoms with E-state index in [4.69, 9.17) is 9.84 Å². The lowest BCUT2D eigenvalue weighted by atomic mass is 9.77. The van der Waals surface area contributed by atoms with Crippen molar-refractivity contribution in [2.24, 2.45) is 0 Å². The van der Waals surface area contributed by atoms with Gasteiger partial charge in [-0.3, -0.25) is 4.79 Å². The van der Waals surface area contributed by atoms with Crippen LogP contribution in [0.25, 0.3) is 0 Å². The van der Waals surface area contributed by atoms with Gasteiger partial charge in [0.05, 0.1) is 18.6 Å². The van der Waals surface area contributed by atoms with Crippen molar-refractivity contribution >= 4 is 5.91 Å². The van der Waals surface area contributed by atoms with E-state index in [0.29, 0.717) is 0 Å². The van der Waals surface area contributed by atoms with Crippen LogP contribution in [0, 0.1) is 0 Å². The molecule has 1 rings (SSSR count). The van der Waals surface area contributed by atoms with Gasteiger partial charge in [-0.05, 0) is 19.3 Å². The van der Waals surface area contributed by atoms with Gasteiger partial charge in [0.25, 0.3) is 0 Å². The highest BCUT2D eigenvalue weighted by atomic mass is 19.4. The van der Waals surface area contributed by atoms with Crippen LogP contribution in [0.15, 0.2) is 0 Å². The maximum absolute atomic E-state index is 12.0. The zero-order valence-electron chi connectivity index (χ0n) is 9.51. The maximum Gasteiger partial charge on any atom is 0.416 e. The summed E-state index contributed by atoms with van der Waals surface area (Å²) >= 11 is 0. The molecule has 1 unspecified atom stereocenters. The van der Waals surface area contributed by atoms with E-state index in [1.54, 1.807) is 0 Å². The van der Waals surface area contributed by atoms with Crippen molar-refractivity contribution in [2.45, 2.75) is 43.6 Å². The molecule has 1 fully saturated rings. The Kier molecular flexibility index (Phi) is 4.37. The van der Waals surface area contributed by atoms with Gasteiger partial charge in [0.2, 0.25) is 5.91 Å². The number of methoxy groups -OCH3 is 1. The van der Waals surface area contributed by atoms with Crippen LogP contribution in [-0.4, -0.2) is 42.5 Å². The van der Waals surface area contributed by atoms with E-state index in [0.717, 1.165) is 19.3 Å². The lowest BCUT2D eigenvalue weighted by molar-refractivity contribution is -0.202. The van der Waals surface area contributed by atoms with Gasteiger partial charge < -0.3 is 15.2 Å². The fraction of sp³-hybridized carbons (Fsp3) is 0.900. The summed E-state index contributed by atoms with van der Waals surface area (Å²) in [5.74, 6) is -0.533. The minimum Gasteiger partial charge on any atom is -0.382 e. The van der Waals surface area contributed by atoms with Crippen molar-refractivity contribution in [3.8, 4) is 0 Å². The third-order valence-corrected chi connectivity index (χ3v) is 3.05. The number of rotatable bonds is 5. The van der Waals surface area contributed by atoms with Gasteiger partial charge in [0.15, 0.2) is 6.10 Å². The van der Waals surface area contributed by atoms with E-state index in [1.165, 1.54) is 7.11 Å². The molecule has 1 aliphatic carbocycles. The molecule has 17 heavy (non-hydrogen) atoms. The second-order valence-electron chi connectivity index (χ2n) is 4.28. The molecule has 1 amide bonds. The monoisotopic (exact) mass is 255 g/mol. The molecule has 1 aliphatic rings. The summed E-state index contributed by atoms with van der Waals surface area (Å²) in [7, 11) is 1.48. The predicted molar refractivity (Wildman–Crippen MR) is 53.3 cm³/mol. The van der Waals surface area contributed by atoms with Gasteiger partial charge in [-0.2, -0.15) is 13.2 Å². The Morgan fingerprint density at radius 1 is 1.53 bits per heavy atom. The quantitative estimate of drug-likeness (QED) is 0.770. The number of aliphatic hydroxyl groups is 1. The SMILES string of the molecule is COC1(CC(=O)NCC(O)C(F)(F)F)CCC1. The number of aliphatic hydroxyl groups excluding tert-OH is 1. The Morgan fingerprint density at radius 3 is 2.47 bits per heavy atom. The number of halogens is 3. The fourth-order valence-corrected chi connectivity index (χ4v) is 1.71. The molecular formula is C10H16F3NO3. The summed E-state index contributed by atoms with van der Waals surface area (Å²) in [4.78, 5) is 11.4. The van der Waals surface area contributed by atoms with Crippen LogP contribution in [0.5, 0.6) is 0 Å². The average Bonchev–Trinajstić information content (AvgIpc) is 2.18. The van der Waals surface area contributed by atoms with Gasteiger partial charge in [-0.1, -0.05) is 0 Å². The number of amides is 1. The van der Waals surface area contributed by atoms with E-state index in [2.05, 4.69) is 5.32 Å². The van der Waals surface area contributed by atoms with Gasteiger partial charge in [-0.25, -0.2) is 0 Å². The van der Waals surface area contributed by atoms with Crippen LogP contribution in [0.3, 0.4) is 0 Å². The topological polar surface area (TPSA) is 58.6 Å². The second kappa shape index (κ2) is 5.22. The first-order valence-corrected chi connectivity index (χ1v) is 5.36. The molecule has 0 heterocycles. The van der Waals surface area contributed by atoms with Crippen molar-refractivity contribution in [2.75, 3.05) is 13.7 Å². The summed E-state index contributed by atoms with van der Waals surface area (Å²) < 4.78 is 41.0. The molecule has 4 nitrogen and oxygen atoms in total. The van der Waals surface area contributed by atoms with Crippen LogP contribution < -0.4 is 5.32 Å². The van der Waals surface area contributed by atoms with Crippen molar-refractivity contribution in [3.05, 3.63) is 0 Å². The molecule has 7 heteroatoms. The summed E-state index contributed by atoms with van der Waals surface area (Å²) in [6, 6.07) is 0. The van der Waals surface area contributed by atoms with Crippen LogP contribution in [0.4, 0.5) is 13.2 Å².